The second-order valence-corrected chi connectivity index (χ2v) is 15.6. The van der Waals surface area contributed by atoms with Crippen LogP contribution in [0.15, 0.2) is 72.9 Å². The molecule has 0 aromatic rings. The number of rotatable bonds is 39. The highest BCUT2D eigenvalue weighted by Crippen LogP contribution is 2.43. The molecule has 57 heavy (non-hydrogen) atoms. The first-order valence-corrected chi connectivity index (χ1v) is 23.1. The lowest BCUT2D eigenvalue weighted by Gasteiger charge is -2.20. The van der Waals surface area contributed by atoms with Gasteiger partial charge in [0.25, 0.3) is 0 Å². The lowest BCUT2D eigenvalue weighted by atomic mass is 10.0. The minimum absolute atomic E-state index is 0.0195. The molecule has 0 fully saturated rings. The second kappa shape index (κ2) is 40.2. The van der Waals surface area contributed by atoms with Crippen molar-refractivity contribution in [1.29, 1.82) is 0 Å². The van der Waals surface area contributed by atoms with E-state index in [-0.39, 0.29) is 32.6 Å². The van der Waals surface area contributed by atoms with Gasteiger partial charge in [-0.1, -0.05) is 132 Å². The van der Waals surface area contributed by atoms with Gasteiger partial charge in [0.2, 0.25) is 0 Å². The molecular weight excluding hydrogens is 745 g/mol. The summed E-state index contributed by atoms with van der Waals surface area (Å²) in [5.41, 5.74) is 5.33. The van der Waals surface area contributed by atoms with Gasteiger partial charge in [-0.15, -0.1) is 0 Å². The summed E-state index contributed by atoms with van der Waals surface area (Å²) in [5, 5.41) is 20.4. The van der Waals surface area contributed by atoms with Crippen LogP contribution in [0.1, 0.15) is 155 Å². The predicted molar refractivity (Wildman–Crippen MR) is 231 cm³/mol. The molecule has 1 unspecified atom stereocenters. The highest BCUT2D eigenvalue weighted by Gasteiger charge is 2.26. The molecule has 0 spiro atoms. The molecule has 0 aromatic heterocycles. The Bertz CT molecular complexity index is 1200. The third kappa shape index (κ3) is 38.6. The average Bonchev–Trinajstić information content (AvgIpc) is 3.19. The number of esters is 2. The Morgan fingerprint density at radius 2 is 1.14 bits per heavy atom. The van der Waals surface area contributed by atoms with E-state index >= 15 is 0 Å². The van der Waals surface area contributed by atoms with Crippen LogP contribution in [-0.4, -0.2) is 71.7 Å². The third-order valence-corrected chi connectivity index (χ3v) is 9.76. The number of phosphoric acid groups is 1. The molecule has 0 rings (SSSR count). The fourth-order valence-electron chi connectivity index (χ4n) is 5.45. The van der Waals surface area contributed by atoms with Crippen molar-refractivity contribution < 1.29 is 47.8 Å². The summed E-state index contributed by atoms with van der Waals surface area (Å²) < 4.78 is 32.6. The van der Waals surface area contributed by atoms with Gasteiger partial charge >= 0.3 is 19.8 Å². The monoisotopic (exact) mass is 824 g/mol. The summed E-state index contributed by atoms with van der Waals surface area (Å²) in [7, 11) is -4.43. The minimum atomic E-state index is -4.43. The molecule has 4 atom stereocenters. The molecule has 0 radical (unpaired) electrons. The minimum Gasteiger partial charge on any atom is -0.462 e. The van der Waals surface area contributed by atoms with Crippen LogP contribution in [0.5, 0.6) is 0 Å². The van der Waals surface area contributed by atoms with Gasteiger partial charge in [0.05, 0.1) is 25.4 Å². The van der Waals surface area contributed by atoms with Gasteiger partial charge < -0.3 is 30.3 Å². The summed E-state index contributed by atoms with van der Waals surface area (Å²) in [4.78, 5) is 34.9. The molecule has 328 valence electrons. The molecule has 0 amide bonds. The van der Waals surface area contributed by atoms with Crippen LogP contribution in [0, 0.1) is 0 Å². The van der Waals surface area contributed by atoms with Crippen LogP contribution in [-0.2, 0) is 32.7 Å². The fourth-order valence-corrected chi connectivity index (χ4v) is 6.21. The van der Waals surface area contributed by atoms with Crippen molar-refractivity contribution in [3.8, 4) is 0 Å². The quantitative estimate of drug-likeness (QED) is 0.0201. The molecule has 11 nitrogen and oxygen atoms in total. The molecule has 0 saturated carbocycles. The fraction of sp³-hybridized carbons (Fsp3) is 0.689. The summed E-state index contributed by atoms with van der Waals surface area (Å²) >= 11 is 0. The summed E-state index contributed by atoms with van der Waals surface area (Å²) in [5.74, 6) is -0.986. The molecule has 0 aromatic carbocycles. The van der Waals surface area contributed by atoms with Gasteiger partial charge in [-0.05, 0) is 83.5 Å². The first-order chi connectivity index (χ1) is 27.6. The molecule has 0 aliphatic heterocycles. The van der Waals surface area contributed by atoms with Crippen molar-refractivity contribution in [2.75, 3.05) is 26.4 Å². The van der Waals surface area contributed by atoms with Gasteiger partial charge in [-0.2, -0.15) is 0 Å². The Morgan fingerprint density at radius 1 is 0.614 bits per heavy atom. The maximum atomic E-state index is 12.6. The van der Waals surface area contributed by atoms with Crippen LogP contribution in [0.4, 0.5) is 0 Å². The number of phosphoric ester groups is 1. The zero-order valence-corrected chi connectivity index (χ0v) is 36.2. The summed E-state index contributed by atoms with van der Waals surface area (Å²) in [6.45, 7) is 3.32. The SMILES string of the molecule is CC/C=C\C/C=C\C/C=C\C/C=C\C/C=C\CCCCCC(=O)OC[C@H](COP(=O)(O)OCCN)OC(=O)CCCCCCC[C@H](O)[C@@H](O)C/C=C\CCCCC. The van der Waals surface area contributed by atoms with Crippen molar-refractivity contribution in [1.82, 2.24) is 0 Å². The third-order valence-electron chi connectivity index (χ3n) is 8.78. The smallest absolute Gasteiger partial charge is 0.462 e. The van der Waals surface area contributed by atoms with Crippen molar-refractivity contribution in [3.05, 3.63) is 72.9 Å². The van der Waals surface area contributed by atoms with Gasteiger partial charge in [0.15, 0.2) is 6.10 Å². The number of carbonyl (C=O) groups excluding carboxylic acids is 2. The largest absolute Gasteiger partial charge is 0.472 e. The number of carbonyl (C=O) groups is 2. The maximum absolute atomic E-state index is 12.6. The predicted octanol–water partition coefficient (Wildman–Crippen LogP) is 10.2. The van der Waals surface area contributed by atoms with Crippen LogP contribution in [0.2, 0.25) is 0 Å². The van der Waals surface area contributed by atoms with Crippen molar-refractivity contribution in [2.45, 2.75) is 173 Å². The molecule has 0 aliphatic rings. The molecule has 0 aliphatic carbocycles. The standard InChI is InChI=1S/C45H78NO10P/c1-3-5-7-9-11-12-13-14-15-16-17-18-19-20-21-22-23-27-31-35-44(49)53-39-41(40-55-57(51,52)54-38-37-46)56-45(50)36-32-28-24-26-30-34-43(48)42(47)33-29-25-10-8-6-4-2/h5,7,11-12,14-15,17-18,20-21,25,29,41-43,47-48H,3-4,6,8-10,13,16,19,22-24,26-28,30-40,46H2,1-2H3,(H,51,52)/b7-5-,12-11-,15-14-,18-17-,21-20-,29-25-/t41-,42+,43+/m1/s1. The highest BCUT2D eigenvalue weighted by atomic mass is 31.2. The van der Waals surface area contributed by atoms with E-state index in [1.54, 1.807) is 0 Å². The number of aliphatic hydroxyl groups is 2. The van der Waals surface area contributed by atoms with Crippen LogP contribution in [0.3, 0.4) is 0 Å². The zero-order valence-electron chi connectivity index (χ0n) is 35.3. The molecule has 0 saturated heterocycles. The van der Waals surface area contributed by atoms with E-state index in [0.717, 1.165) is 89.9 Å². The number of hydrogen-bond acceptors (Lipinski definition) is 10. The lowest BCUT2D eigenvalue weighted by Crippen LogP contribution is -2.29. The van der Waals surface area contributed by atoms with Crippen molar-refractivity contribution in [3.63, 3.8) is 0 Å². The number of aliphatic hydroxyl groups excluding tert-OH is 2. The summed E-state index contributed by atoms with van der Waals surface area (Å²) in [6, 6.07) is 0. The van der Waals surface area contributed by atoms with Crippen LogP contribution >= 0.6 is 7.82 Å². The molecule has 0 bridgehead atoms. The normalized spacial score (nSPS) is 15.1. The molecule has 0 heterocycles. The summed E-state index contributed by atoms with van der Waals surface area (Å²) in [6.07, 6.45) is 41.0. The molecule has 12 heteroatoms. The number of allylic oxidation sites excluding steroid dienone is 11. The first kappa shape index (κ1) is 54.4. The van der Waals surface area contributed by atoms with E-state index in [4.69, 9.17) is 24.3 Å². The highest BCUT2D eigenvalue weighted by molar-refractivity contribution is 7.47. The molecular formula is C45H78NO10P. The number of nitrogens with two attached hydrogens (primary N) is 1. The Hall–Kier alpha value is -2.63. The van der Waals surface area contributed by atoms with E-state index < -0.39 is 44.7 Å². The average molecular weight is 824 g/mol. The van der Waals surface area contributed by atoms with Gasteiger partial charge in [0, 0.05) is 19.4 Å². The Balaban J connectivity index is 4.35. The number of unbranched alkanes of at least 4 members (excludes halogenated alkanes) is 10. The molecule has 5 N–H and O–H groups in total. The zero-order chi connectivity index (χ0) is 42.1. The maximum Gasteiger partial charge on any atom is 0.472 e. The Morgan fingerprint density at radius 3 is 1.75 bits per heavy atom. The van der Waals surface area contributed by atoms with Crippen LogP contribution < -0.4 is 5.73 Å². The lowest BCUT2D eigenvalue weighted by molar-refractivity contribution is -0.161. The second-order valence-electron chi connectivity index (χ2n) is 14.1. The van der Waals surface area contributed by atoms with Crippen molar-refractivity contribution in [2.24, 2.45) is 5.73 Å². The first-order valence-electron chi connectivity index (χ1n) is 21.6. The van der Waals surface area contributed by atoms with E-state index in [9.17, 15) is 29.3 Å². The van der Waals surface area contributed by atoms with Gasteiger partial charge in [-0.25, -0.2) is 4.57 Å². The van der Waals surface area contributed by atoms with E-state index in [1.807, 2.05) is 6.08 Å². The van der Waals surface area contributed by atoms with E-state index in [0.29, 0.717) is 25.7 Å². The Labute approximate surface area is 345 Å². The Kier molecular flexibility index (Phi) is 38.3. The van der Waals surface area contributed by atoms with E-state index in [1.165, 1.54) is 12.8 Å². The van der Waals surface area contributed by atoms with Gasteiger partial charge in [0.1, 0.15) is 6.61 Å². The number of hydrogen-bond donors (Lipinski definition) is 4. The van der Waals surface area contributed by atoms with Gasteiger partial charge in [-0.3, -0.25) is 18.6 Å². The van der Waals surface area contributed by atoms with E-state index in [2.05, 4.69) is 80.7 Å². The van der Waals surface area contributed by atoms with Crippen molar-refractivity contribution >= 4 is 19.8 Å². The topological polar surface area (TPSA) is 175 Å². The number of ether oxygens (including phenoxy) is 2. The van der Waals surface area contributed by atoms with Crippen LogP contribution in [0.25, 0.3) is 0 Å².